The van der Waals surface area contributed by atoms with Crippen molar-refractivity contribution in [2.24, 2.45) is 5.92 Å². The first-order valence-corrected chi connectivity index (χ1v) is 5.42. The molecule has 16 heavy (non-hydrogen) atoms. The molecule has 1 aliphatic carbocycles. The molecule has 3 heteroatoms. The number of aliphatic carboxylic acids is 1. The molecular weight excluding hydrogens is 204 g/mol. The van der Waals surface area contributed by atoms with Crippen LogP contribution in [0.3, 0.4) is 0 Å². The van der Waals surface area contributed by atoms with Gasteiger partial charge in [0.1, 0.15) is 5.75 Å². The van der Waals surface area contributed by atoms with Gasteiger partial charge in [-0.25, -0.2) is 0 Å². The Morgan fingerprint density at radius 2 is 2.00 bits per heavy atom. The Kier molecular flexibility index (Phi) is 2.62. The predicted octanol–water partition coefficient (Wildman–Crippen LogP) is 2.50. The number of ether oxygens (including phenoxy) is 1. The molecule has 0 heterocycles. The van der Waals surface area contributed by atoms with Crippen molar-refractivity contribution in [1.82, 2.24) is 0 Å². The molecule has 1 aliphatic rings. The summed E-state index contributed by atoms with van der Waals surface area (Å²) in [6.45, 7) is 4.07. The summed E-state index contributed by atoms with van der Waals surface area (Å²) in [7, 11) is 1.63. The summed E-state index contributed by atoms with van der Waals surface area (Å²) in [4.78, 5) is 10.9. The van der Waals surface area contributed by atoms with Gasteiger partial charge >= 0.3 is 5.97 Å². The number of hydrogen-bond donors (Lipinski definition) is 1. The van der Waals surface area contributed by atoms with Gasteiger partial charge in [-0.15, -0.1) is 0 Å². The van der Waals surface area contributed by atoms with E-state index in [0.717, 1.165) is 17.7 Å². The molecule has 1 fully saturated rings. The molecule has 0 bridgehead atoms. The van der Waals surface area contributed by atoms with Gasteiger partial charge in [0.2, 0.25) is 0 Å². The van der Waals surface area contributed by atoms with Crippen molar-refractivity contribution in [2.45, 2.75) is 26.2 Å². The van der Waals surface area contributed by atoms with Crippen molar-refractivity contribution in [3.8, 4) is 5.75 Å². The molecule has 86 valence electrons. The molecule has 1 aromatic rings. The van der Waals surface area contributed by atoms with Gasteiger partial charge in [-0.05, 0) is 43.0 Å². The van der Waals surface area contributed by atoms with Gasteiger partial charge in [0.15, 0.2) is 0 Å². The van der Waals surface area contributed by atoms with Crippen LogP contribution in [0.1, 0.15) is 29.0 Å². The molecule has 1 aromatic carbocycles. The average molecular weight is 220 g/mol. The monoisotopic (exact) mass is 220 g/mol. The van der Waals surface area contributed by atoms with E-state index in [1.54, 1.807) is 7.11 Å². The lowest BCUT2D eigenvalue weighted by molar-refractivity contribution is -0.138. The average Bonchev–Trinajstić information content (AvgIpc) is 3.01. The first kappa shape index (κ1) is 11.0. The summed E-state index contributed by atoms with van der Waals surface area (Å²) < 4.78 is 5.32. The highest BCUT2D eigenvalue weighted by molar-refractivity contribution is 5.75. The standard InChI is InChI=1S/C13H16O3/c1-7-4-10(9-6-11(9)13(14)15)12(16-3)5-8(7)2/h4-5,9,11H,6H2,1-3H3,(H,14,15)/t9-,11+/m0/s1. The van der Waals surface area contributed by atoms with Crippen molar-refractivity contribution in [1.29, 1.82) is 0 Å². The Morgan fingerprint density at radius 1 is 1.38 bits per heavy atom. The number of carbonyl (C=O) groups is 1. The second-order valence-electron chi connectivity index (χ2n) is 4.47. The number of benzene rings is 1. The molecular formula is C13H16O3. The fourth-order valence-electron chi connectivity index (χ4n) is 2.09. The fourth-order valence-corrected chi connectivity index (χ4v) is 2.09. The number of carboxylic acids is 1. The quantitative estimate of drug-likeness (QED) is 0.851. The maximum Gasteiger partial charge on any atom is 0.307 e. The molecule has 0 aliphatic heterocycles. The third-order valence-corrected chi connectivity index (χ3v) is 3.35. The molecule has 3 nitrogen and oxygen atoms in total. The molecule has 1 N–H and O–H groups in total. The third kappa shape index (κ3) is 1.77. The zero-order valence-corrected chi connectivity index (χ0v) is 9.78. The lowest BCUT2D eigenvalue weighted by Gasteiger charge is -2.11. The highest BCUT2D eigenvalue weighted by Crippen LogP contribution is 2.50. The van der Waals surface area contributed by atoms with Crippen LogP contribution in [0.2, 0.25) is 0 Å². The van der Waals surface area contributed by atoms with Crippen molar-refractivity contribution < 1.29 is 14.6 Å². The third-order valence-electron chi connectivity index (χ3n) is 3.35. The molecule has 0 spiro atoms. The second kappa shape index (κ2) is 3.81. The topological polar surface area (TPSA) is 46.5 Å². The van der Waals surface area contributed by atoms with E-state index >= 15 is 0 Å². The Morgan fingerprint density at radius 3 is 2.50 bits per heavy atom. The van der Waals surface area contributed by atoms with E-state index in [-0.39, 0.29) is 11.8 Å². The lowest BCUT2D eigenvalue weighted by atomic mass is 10.0. The lowest BCUT2D eigenvalue weighted by Crippen LogP contribution is -2.01. The molecule has 0 radical (unpaired) electrons. The van der Waals surface area contributed by atoms with E-state index in [0.29, 0.717) is 0 Å². The van der Waals surface area contributed by atoms with Crippen molar-refractivity contribution >= 4 is 5.97 Å². The fraction of sp³-hybridized carbons (Fsp3) is 0.462. The van der Waals surface area contributed by atoms with E-state index in [4.69, 9.17) is 9.84 Å². The van der Waals surface area contributed by atoms with E-state index in [2.05, 4.69) is 6.07 Å². The van der Waals surface area contributed by atoms with Gasteiger partial charge in [0.05, 0.1) is 13.0 Å². The minimum Gasteiger partial charge on any atom is -0.496 e. The zero-order chi connectivity index (χ0) is 11.9. The van der Waals surface area contributed by atoms with Crippen LogP contribution < -0.4 is 4.74 Å². The summed E-state index contributed by atoms with van der Waals surface area (Å²) in [5, 5.41) is 8.93. The number of hydrogen-bond acceptors (Lipinski definition) is 2. The minimum absolute atomic E-state index is 0.131. The highest BCUT2D eigenvalue weighted by Gasteiger charge is 2.45. The van der Waals surface area contributed by atoms with Gasteiger partial charge in [0.25, 0.3) is 0 Å². The normalized spacial score (nSPS) is 22.9. The Hall–Kier alpha value is -1.51. The summed E-state index contributed by atoms with van der Waals surface area (Å²) in [5.41, 5.74) is 3.40. The summed E-state index contributed by atoms with van der Waals surface area (Å²) in [6, 6.07) is 4.05. The van der Waals surface area contributed by atoms with E-state index < -0.39 is 5.97 Å². The van der Waals surface area contributed by atoms with Crippen molar-refractivity contribution in [3.63, 3.8) is 0 Å². The van der Waals surface area contributed by atoms with Crippen LogP contribution in [0.5, 0.6) is 5.75 Å². The van der Waals surface area contributed by atoms with Gasteiger partial charge in [-0.2, -0.15) is 0 Å². The molecule has 0 saturated heterocycles. The van der Waals surface area contributed by atoms with Crippen molar-refractivity contribution in [3.05, 3.63) is 28.8 Å². The number of methoxy groups -OCH3 is 1. The summed E-state index contributed by atoms with van der Waals surface area (Å²) in [5.74, 6) is 0.0184. The summed E-state index contributed by atoms with van der Waals surface area (Å²) >= 11 is 0. The number of rotatable bonds is 3. The largest absolute Gasteiger partial charge is 0.496 e. The van der Waals surface area contributed by atoms with Crippen LogP contribution in [0.4, 0.5) is 0 Å². The molecule has 1 saturated carbocycles. The van der Waals surface area contributed by atoms with E-state index in [1.807, 2.05) is 19.9 Å². The van der Waals surface area contributed by atoms with Gasteiger partial charge < -0.3 is 9.84 Å². The summed E-state index contributed by atoms with van der Waals surface area (Å²) in [6.07, 6.45) is 0.730. The van der Waals surface area contributed by atoms with E-state index in [9.17, 15) is 4.79 Å². The maximum atomic E-state index is 10.9. The minimum atomic E-state index is -0.703. The van der Waals surface area contributed by atoms with Gasteiger partial charge in [0, 0.05) is 5.92 Å². The Labute approximate surface area is 95.0 Å². The zero-order valence-electron chi connectivity index (χ0n) is 9.78. The molecule has 2 atom stereocenters. The van der Waals surface area contributed by atoms with Crippen LogP contribution >= 0.6 is 0 Å². The van der Waals surface area contributed by atoms with Crippen LogP contribution in [0.25, 0.3) is 0 Å². The first-order valence-electron chi connectivity index (χ1n) is 5.42. The van der Waals surface area contributed by atoms with Crippen LogP contribution in [0.15, 0.2) is 12.1 Å². The molecule has 2 rings (SSSR count). The van der Waals surface area contributed by atoms with Crippen LogP contribution in [0, 0.1) is 19.8 Å². The second-order valence-corrected chi connectivity index (χ2v) is 4.47. The molecule has 0 amide bonds. The number of carboxylic acid groups (broad SMARTS) is 1. The van der Waals surface area contributed by atoms with Gasteiger partial charge in [-0.1, -0.05) is 6.07 Å². The Balaban J connectivity index is 2.34. The predicted molar refractivity (Wildman–Crippen MR) is 61.0 cm³/mol. The maximum absolute atomic E-state index is 10.9. The molecule has 0 aromatic heterocycles. The highest BCUT2D eigenvalue weighted by atomic mass is 16.5. The van der Waals surface area contributed by atoms with Crippen LogP contribution in [-0.2, 0) is 4.79 Å². The van der Waals surface area contributed by atoms with E-state index in [1.165, 1.54) is 11.1 Å². The number of aryl methyl sites for hydroxylation is 2. The smallest absolute Gasteiger partial charge is 0.307 e. The SMILES string of the molecule is COc1cc(C)c(C)cc1[C@@H]1C[C@H]1C(=O)O. The molecule has 0 unspecified atom stereocenters. The Bertz CT molecular complexity index is 437. The van der Waals surface area contributed by atoms with Gasteiger partial charge in [-0.3, -0.25) is 4.79 Å². The first-order chi connectivity index (χ1) is 7.54. The van der Waals surface area contributed by atoms with Crippen LogP contribution in [-0.4, -0.2) is 18.2 Å². The van der Waals surface area contributed by atoms with Crippen molar-refractivity contribution in [2.75, 3.05) is 7.11 Å².